The lowest BCUT2D eigenvalue weighted by Gasteiger charge is -2.09. The Morgan fingerprint density at radius 1 is 1.11 bits per heavy atom. The summed E-state index contributed by atoms with van der Waals surface area (Å²) >= 11 is 6.83. The van der Waals surface area contributed by atoms with Crippen LogP contribution in [-0.2, 0) is 0 Å². The van der Waals surface area contributed by atoms with Crippen LogP contribution in [0.5, 0.6) is 11.5 Å². The third-order valence-electron chi connectivity index (χ3n) is 2.49. The third-order valence-corrected chi connectivity index (χ3v) is 3.60. The molecule has 0 aliphatic rings. The molecule has 2 aromatic carbocycles. The summed E-state index contributed by atoms with van der Waals surface area (Å²) < 4.78 is 7.61. The molecule has 4 heteroatoms. The normalized spacial score (nSPS) is 10.2. The van der Waals surface area contributed by atoms with Gasteiger partial charge in [-0.25, -0.2) is 0 Å². The number of rotatable bonds is 3. The number of benzene rings is 2. The summed E-state index contributed by atoms with van der Waals surface area (Å²) in [6.45, 7) is 1.88. The minimum Gasteiger partial charge on any atom is -0.456 e. The lowest BCUT2D eigenvalue weighted by atomic mass is 10.1. The molecule has 0 unspecified atom stereocenters. The van der Waals surface area contributed by atoms with E-state index in [2.05, 4.69) is 31.9 Å². The molecule has 0 amide bonds. The number of hydrogen-bond donors (Lipinski definition) is 0. The van der Waals surface area contributed by atoms with Gasteiger partial charge in [0.2, 0.25) is 0 Å². The Kier molecular flexibility index (Phi) is 4.19. The van der Waals surface area contributed by atoms with E-state index in [4.69, 9.17) is 4.74 Å². The molecule has 0 aliphatic carbocycles. The fourth-order valence-electron chi connectivity index (χ4n) is 1.53. The Bertz CT molecular complexity index is 594. The van der Waals surface area contributed by atoms with Gasteiger partial charge in [-0.15, -0.1) is 0 Å². The lowest BCUT2D eigenvalue weighted by molar-refractivity contribution is 0.112. The second-order valence-corrected chi connectivity index (χ2v) is 5.58. The van der Waals surface area contributed by atoms with Crippen molar-refractivity contribution in [2.75, 3.05) is 0 Å². The first kappa shape index (κ1) is 13.3. The summed E-state index contributed by atoms with van der Waals surface area (Å²) in [7, 11) is 0. The summed E-state index contributed by atoms with van der Waals surface area (Å²) in [6, 6.07) is 11.1. The largest absolute Gasteiger partial charge is 0.456 e. The molecule has 2 nitrogen and oxygen atoms in total. The maximum atomic E-state index is 10.7. The van der Waals surface area contributed by atoms with Crippen LogP contribution in [0, 0.1) is 6.92 Å². The number of carbonyl (C=O) groups is 1. The van der Waals surface area contributed by atoms with Crippen molar-refractivity contribution in [1.82, 2.24) is 0 Å². The van der Waals surface area contributed by atoms with E-state index in [0.717, 1.165) is 26.5 Å². The SMILES string of the molecule is Cc1cc(Oc2ccc(Br)cc2Br)ccc1C=O. The summed E-state index contributed by atoms with van der Waals surface area (Å²) in [5.74, 6) is 1.44. The second-order valence-electron chi connectivity index (χ2n) is 3.81. The van der Waals surface area contributed by atoms with Crippen molar-refractivity contribution >= 4 is 38.1 Å². The molecule has 0 aromatic heterocycles. The highest BCUT2D eigenvalue weighted by molar-refractivity contribution is 9.11. The highest BCUT2D eigenvalue weighted by atomic mass is 79.9. The van der Waals surface area contributed by atoms with Gasteiger partial charge in [-0.2, -0.15) is 0 Å². The average molecular weight is 370 g/mol. The van der Waals surface area contributed by atoms with Crippen molar-refractivity contribution in [2.24, 2.45) is 0 Å². The zero-order valence-electron chi connectivity index (χ0n) is 9.61. The first-order valence-corrected chi connectivity index (χ1v) is 6.87. The molecule has 0 N–H and O–H groups in total. The first-order valence-electron chi connectivity index (χ1n) is 5.29. The molecule has 0 fully saturated rings. The van der Waals surface area contributed by atoms with E-state index in [1.54, 1.807) is 12.1 Å². The number of hydrogen-bond acceptors (Lipinski definition) is 2. The van der Waals surface area contributed by atoms with Gasteiger partial charge in [0, 0.05) is 10.0 Å². The molecular weight excluding hydrogens is 360 g/mol. The summed E-state index contributed by atoms with van der Waals surface area (Å²) in [4.78, 5) is 10.7. The lowest BCUT2D eigenvalue weighted by Crippen LogP contribution is -1.90. The van der Waals surface area contributed by atoms with Crippen molar-refractivity contribution in [1.29, 1.82) is 0 Å². The third kappa shape index (κ3) is 3.00. The number of aryl methyl sites for hydroxylation is 1. The number of ether oxygens (including phenoxy) is 1. The monoisotopic (exact) mass is 368 g/mol. The zero-order chi connectivity index (χ0) is 13.1. The van der Waals surface area contributed by atoms with Gasteiger partial charge in [-0.05, 0) is 64.8 Å². The van der Waals surface area contributed by atoms with Crippen LogP contribution >= 0.6 is 31.9 Å². The molecule has 0 bridgehead atoms. The van der Waals surface area contributed by atoms with Gasteiger partial charge in [-0.1, -0.05) is 15.9 Å². The van der Waals surface area contributed by atoms with Crippen molar-refractivity contribution in [2.45, 2.75) is 6.92 Å². The molecule has 0 heterocycles. The molecular formula is C14H10Br2O2. The fourth-order valence-corrected chi connectivity index (χ4v) is 2.66. The molecule has 0 aliphatic heterocycles. The Hall–Kier alpha value is -1.13. The van der Waals surface area contributed by atoms with Crippen LogP contribution in [0.3, 0.4) is 0 Å². The molecule has 0 atom stereocenters. The molecule has 18 heavy (non-hydrogen) atoms. The van der Waals surface area contributed by atoms with Gasteiger partial charge in [0.25, 0.3) is 0 Å². The van der Waals surface area contributed by atoms with Crippen LogP contribution in [0.1, 0.15) is 15.9 Å². The van der Waals surface area contributed by atoms with Crippen LogP contribution in [0.4, 0.5) is 0 Å². The molecule has 2 aromatic rings. The zero-order valence-corrected chi connectivity index (χ0v) is 12.8. The van der Waals surface area contributed by atoms with E-state index < -0.39 is 0 Å². The van der Waals surface area contributed by atoms with Gasteiger partial charge in [0.15, 0.2) is 0 Å². The molecule has 0 saturated carbocycles. The van der Waals surface area contributed by atoms with Crippen LogP contribution < -0.4 is 4.74 Å². The quantitative estimate of drug-likeness (QED) is 0.701. The summed E-state index contributed by atoms with van der Waals surface area (Å²) in [5, 5.41) is 0. The Morgan fingerprint density at radius 3 is 2.50 bits per heavy atom. The Balaban J connectivity index is 2.28. The predicted octanol–water partition coefficient (Wildman–Crippen LogP) is 5.12. The molecule has 0 saturated heterocycles. The van der Waals surface area contributed by atoms with Crippen molar-refractivity contribution in [3.63, 3.8) is 0 Å². The number of halogens is 2. The van der Waals surface area contributed by atoms with E-state index in [-0.39, 0.29) is 0 Å². The van der Waals surface area contributed by atoms with Crippen LogP contribution in [0.25, 0.3) is 0 Å². The van der Waals surface area contributed by atoms with Gasteiger partial charge < -0.3 is 4.74 Å². The predicted molar refractivity (Wildman–Crippen MR) is 78.5 cm³/mol. The maximum Gasteiger partial charge on any atom is 0.150 e. The number of aldehydes is 1. The second kappa shape index (κ2) is 5.67. The molecule has 92 valence electrons. The van der Waals surface area contributed by atoms with E-state index in [0.29, 0.717) is 11.3 Å². The average Bonchev–Trinajstić information content (AvgIpc) is 2.33. The van der Waals surface area contributed by atoms with Crippen molar-refractivity contribution in [3.05, 3.63) is 56.5 Å². The minimum atomic E-state index is 0.678. The van der Waals surface area contributed by atoms with Gasteiger partial charge in [0.1, 0.15) is 17.8 Å². The molecule has 0 spiro atoms. The topological polar surface area (TPSA) is 26.3 Å². The molecule has 2 rings (SSSR count). The van der Waals surface area contributed by atoms with Gasteiger partial charge in [0.05, 0.1) is 4.47 Å². The van der Waals surface area contributed by atoms with Gasteiger partial charge >= 0.3 is 0 Å². The first-order chi connectivity index (χ1) is 8.60. The van der Waals surface area contributed by atoms with E-state index in [1.165, 1.54) is 0 Å². The van der Waals surface area contributed by atoms with Crippen molar-refractivity contribution in [3.8, 4) is 11.5 Å². The van der Waals surface area contributed by atoms with Crippen LogP contribution in [-0.4, -0.2) is 6.29 Å². The standard InChI is InChI=1S/C14H10Br2O2/c1-9-6-12(4-2-10(9)8-17)18-14-5-3-11(15)7-13(14)16/h2-8H,1H3. The van der Waals surface area contributed by atoms with Crippen LogP contribution in [0.15, 0.2) is 45.3 Å². The Morgan fingerprint density at radius 2 is 1.89 bits per heavy atom. The van der Waals surface area contributed by atoms with Gasteiger partial charge in [-0.3, -0.25) is 4.79 Å². The summed E-state index contributed by atoms with van der Waals surface area (Å²) in [6.07, 6.45) is 0.842. The highest BCUT2D eigenvalue weighted by Crippen LogP contribution is 2.32. The van der Waals surface area contributed by atoms with E-state index in [1.807, 2.05) is 31.2 Å². The minimum absolute atomic E-state index is 0.678. The maximum absolute atomic E-state index is 10.7. The summed E-state index contributed by atoms with van der Waals surface area (Å²) in [5.41, 5.74) is 1.58. The Labute approximate surface area is 122 Å². The highest BCUT2D eigenvalue weighted by Gasteiger charge is 2.05. The van der Waals surface area contributed by atoms with Crippen LogP contribution in [0.2, 0.25) is 0 Å². The van der Waals surface area contributed by atoms with E-state index in [9.17, 15) is 4.79 Å². The van der Waals surface area contributed by atoms with Crippen molar-refractivity contribution < 1.29 is 9.53 Å². The molecule has 0 radical (unpaired) electrons. The fraction of sp³-hybridized carbons (Fsp3) is 0.0714. The van der Waals surface area contributed by atoms with E-state index >= 15 is 0 Å². The number of carbonyl (C=O) groups excluding carboxylic acids is 1. The smallest absolute Gasteiger partial charge is 0.150 e.